The SMILES string of the molecule is C=C(C(=O)N[C@@H](CNC(=O)CCC1CC1)c1ccc(OCC(C)CCC)cc1)c1ccccc1. The Bertz CT molecular complexity index is 936. The fourth-order valence-electron chi connectivity index (χ4n) is 3.93. The van der Waals surface area contributed by atoms with E-state index in [2.05, 4.69) is 31.1 Å². The average molecular weight is 463 g/mol. The van der Waals surface area contributed by atoms with Crippen LogP contribution in [-0.4, -0.2) is 25.0 Å². The standard InChI is InChI=1S/C29H38N2O3/c1-4-8-21(2)20-34-26-16-14-25(15-17-26)27(19-30-28(32)18-13-23-11-12-23)31-29(33)22(3)24-9-6-5-7-10-24/h5-7,9-10,14-17,21,23,27H,3-4,8,11-13,18-20H2,1-2H3,(H,30,32)(H,31,33)/t21?,27-/m0/s1. The highest BCUT2D eigenvalue weighted by molar-refractivity contribution is 6.18. The van der Waals surface area contributed by atoms with Crippen molar-refractivity contribution in [2.75, 3.05) is 13.2 Å². The lowest BCUT2D eigenvalue weighted by atomic mass is 10.0. The Morgan fingerprint density at radius 3 is 2.44 bits per heavy atom. The Hall–Kier alpha value is -3.08. The summed E-state index contributed by atoms with van der Waals surface area (Å²) in [7, 11) is 0. The van der Waals surface area contributed by atoms with Gasteiger partial charge in [-0.1, -0.05) is 82.2 Å². The molecule has 0 bridgehead atoms. The highest BCUT2D eigenvalue weighted by Gasteiger charge is 2.23. The summed E-state index contributed by atoms with van der Waals surface area (Å²) < 4.78 is 5.92. The lowest BCUT2D eigenvalue weighted by Crippen LogP contribution is -2.38. The summed E-state index contributed by atoms with van der Waals surface area (Å²) >= 11 is 0. The molecule has 34 heavy (non-hydrogen) atoms. The van der Waals surface area contributed by atoms with Gasteiger partial charge in [-0.15, -0.1) is 0 Å². The van der Waals surface area contributed by atoms with Crippen molar-refractivity contribution in [3.05, 3.63) is 72.3 Å². The van der Waals surface area contributed by atoms with Crippen molar-refractivity contribution in [2.24, 2.45) is 11.8 Å². The molecule has 1 unspecified atom stereocenters. The number of ether oxygens (including phenoxy) is 1. The normalized spacial score (nSPS) is 14.6. The Labute approximate surface area is 204 Å². The van der Waals surface area contributed by atoms with Crippen molar-refractivity contribution in [1.82, 2.24) is 10.6 Å². The first-order valence-electron chi connectivity index (χ1n) is 12.5. The van der Waals surface area contributed by atoms with Gasteiger partial charge in [-0.25, -0.2) is 0 Å². The molecule has 0 saturated heterocycles. The molecular weight excluding hydrogens is 424 g/mol. The summed E-state index contributed by atoms with van der Waals surface area (Å²) in [4.78, 5) is 25.3. The average Bonchev–Trinajstić information content (AvgIpc) is 3.69. The minimum Gasteiger partial charge on any atom is -0.493 e. The molecule has 0 radical (unpaired) electrons. The van der Waals surface area contributed by atoms with Crippen LogP contribution in [0.2, 0.25) is 0 Å². The highest BCUT2D eigenvalue weighted by atomic mass is 16.5. The van der Waals surface area contributed by atoms with Crippen LogP contribution in [0.4, 0.5) is 0 Å². The molecule has 0 heterocycles. The molecule has 0 spiro atoms. The molecule has 5 heteroatoms. The van der Waals surface area contributed by atoms with Crippen molar-refractivity contribution >= 4 is 17.4 Å². The number of carbonyl (C=O) groups excluding carboxylic acids is 2. The zero-order valence-corrected chi connectivity index (χ0v) is 20.5. The van der Waals surface area contributed by atoms with E-state index < -0.39 is 0 Å². The zero-order chi connectivity index (χ0) is 24.3. The highest BCUT2D eigenvalue weighted by Crippen LogP contribution is 2.33. The van der Waals surface area contributed by atoms with Gasteiger partial charge in [0.05, 0.1) is 12.6 Å². The lowest BCUT2D eigenvalue weighted by molar-refractivity contribution is -0.122. The second-order valence-electron chi connectivity index (χ2n) is 9.43. The summed E-state index contributed by atoms with van der Waals surface area (Å²) in [6, 6.07) is 16.8. The Morgan fingerprint density at radius 2 is 1.79 bits per heavy atom. The van der Waals surface area contributed by atoms with Gasteiger partial charge in [0.15, 0.2) is 0 Å². The van der Waals surface area contributed by atoms with Crippen molar-refractivity contribution in [3.8, 4) is 5.75 Å². The van der Waals surface area contributed by atoms with Crippen molar-refractivity contribution in [1.29, 1.82) is 0 Å². The molecule has 1 aliphatic carbocycles. The quantitative estimate of drug-likeness (QED) is 0.355. The summed E-state index contributed by atoms with van der Waals surface area (Å²) in [6.07, 6.45) is 6.22. The number of benzene rings is 2. The number of nitrogens with one attached hydrogen (secondary N) is 2. The first-order valence-corrected chi connectivity index (χ1v) is 12.5. The number of amides is 2. The Balaban J connectivity index is 1.64. The Kier molecular flexibility index (Phi) is 9.75. The molecular formula is C29H38N2O3. The Morgan fingerprint density at radius 1 is 1.09 bits per heavy atom. The summed E-state index contributed by atoms with van der Waals surface area (Å²) in [6.45, 7) is 9.35. The number of rotatable bonds is 14. The largest absolute Gasteiger partial charge is 0.493 e. The minimum absolute atomic E-state index is 0.0258. The van der Waals surface area contributed by atoms with Gasteiger partial charge in [-0.05, 0) is 47.9 Å². The van der Waals surface area contributed by atoms with Crippen molar-refractivity contribution in [3.63, 3.8) is 0 Å². The van der Waals surface area contributed by atoms with E-state index in [4.69, 9.17) is 4.74 Å². The van der Waals surface area contributed by atoms with E-state index in [9.17, 15) is 9.59 Å². The molecule has 2 amide bonds. The van der Waals surface area contributed by atoms with E-state index in [0.29, 0.717) is 37.0 Å². The maximum atomic E-state index is 13.0. The number of carbonyl (C=O) groups is 2. The van der Waals surface area contributed by atoms with Crippen LogP contribution in [0.1, 0.15) is 69.5 Å². The number of hydrogen-bond donors (Lipinski definition) is 2. The molecule has 5 nitrogen and oxygen atoms in total. The summed E-state index contributed by atoms with van der Waals surface area (Å²) in [5, 5.41) is 6.06. The van der Waals surface area contributed by atoms with E-state index in [1.165, 1.54) is 12.8 Å². The second-order valence-corrected chi connectivity index (χ2v) is 9.43. The first kappa shape index (κ1) is 25.5. The van der Waals surface area contributed by atoms with Crippen LogP contribution in [0.15, 0.2) is 61.2 Å². The van der Waals surface area contributed by atoms with Gasteiger partial charge < -0.3 is 15.4 Å². The molecule has 0 aliphatic heterocycles. The van der Waals surface area contributed by atoms with Gasteiger partial charge in [-0.2, -0.15) is 0 Å². The predicted molar refractivity (Wildman–Crippen MR) is 137 cm³/mol. The fraction of sp³-hybridized carbons (Fsp3) is 0.448. The van der Waals surface area contributed by atoms with E-state index in [1.807, 2.05) is 54.6 Å². The molecule has 1 fully saturated rings. The van der Waals surface area contributed by atoms with Gasteiger partial charge in [0.2, 0.25) is 5.91 Å². The molecule has 2 N–H and O–H groups in total. The van der Waals surface area contributed by atoms with Gasteiger partial charge >= 0.3 is 0 Å². The van der Waals surface area contributed by atoms with Crippen LogP contribution in [0.25, 0.3) is 5.57 Å². The van der Waals surface area contributed by atoms with Crippen molar-refractivity contribution < 1.29 is 14.3 Å². The topological polar surface area (TPSA) is 67.4 Å². The van der Waals surface area contributed by atoms with Crippen molar-refractivity contribution in [2.45, 2.75) is 58.4 Å². The van der Waals surface area contributed by atoms with E-state index in [0.717, 1.165) is 36.1 Å². The predicted octanol–water partition coefficient (Wildman–Crippen LogP) is 5.68. The van der Waals surface area contributed by atoms with Crippen LogP contribution >= 0.6 is 0 Å². The monoisotopic (exact) mass is 462 g/mol. The van der Waals surface area contributed by atoms with E-state index in [1.54, 1.807) is 0 Å². The molecule has 3 rings (SSSR count). The molecule has 182 valence electrons. The third kappa shape index (κ3) is 8.36. The third-order valence-electron chi connectivity index (χ3n) is 6.28. The van der Waals surface area contributed by atoms with Crippen LogP contribution in [0, 0.1) is 11.8 Å². The number of hydrogen-bond acceptors (Lipinski definition) is 3. The molecule has 2 atom stereocenters. The molecule has 1 saturated carbocycles. The molecule has 1 aliphatic rings. The summed E-state index contributed by atoms with van der Waals surface area (Å²) in [5.41, 5.74) is 2.08. The maximum absolute atomic E-state index is 13.0. The van der Waals surface area contributed by atoms with Gasteiger partial charge in [-0.3, -0.25) is 9.59 Å². The van der Waals surface area contributed by atoms with Crippen LogP contribution in [0.3, 0.4) is 0 Å². The molecule has 2 aromatic carbocycles. The van der Waals surface area contributed by atoms with Crippen LogP contribution in [0.5, 0.6) is 5.75 Å². The van der Waals surface area contributed by atoms with Gasteiger partial charge in [0, 0.05) is 18.5 Å². The minimum atomic E-state index is -0.370. The van der Waals surface area contributed by atoms with Crippen LogP contribution in [-0.2, 0) is 9.59 Å². The fourth-order valence-corrected chi connectivity index (χ4v) is 3.93. The van der Waals surface area contributed by atoms with Gasteiger partial charge in [0.25, 0.3) is 5.91 Å². The molecule has 0 aromatic heterocycles. The smallest absolute Gasteiger partial charge is 0.251 e. The maximum Gasteiger partial charge on any atom is 0.251 e. The van der Waals surface area contributed by atoms with Crippen LogP contribution < -0.4 is 15.4 Å². The third-order valence-corrected chi connectivity index (χ3v) is 6.28. The second kappa shape index (κ2) is 13.0. The van der Waals surface area contributed by atoms with E-state index in [-0.39, 0.29) is 17.9 Å². The van der Waals surface area contributed by atoms with Gasteiger partial charge in [0.1, 0.15) is 5.75 Å². The van der Waals surface area contributed by atoms with E-state index >= 15 is 0 Å². The zero-order valence-electron chi connectivity index (χ0n) is 20.5. The first-order chi connectivity index (χ1) is 16.5. The summed E-state index contributed by atoms with van der Waals surface area (Å²) in [5.74, 6) is 1.79. The molecule has 2 aromatic rings. The lowest BCUT2D eigenvalue weighted by Gasteiger charge is -2.21.